The van der Waals surface area contributed by atoms with Gasteiger partial charge < -0.3 is 15.4 Å². The van der Waals surface area contributed by atoms with Crippen LogP contribution in [0.2, 0.25) is 0 Å². The topological polar surface area (TPSA) is 157 Å². The highest BCUT2D eigenvalue weighted by atomic mass is 35.5. The number of alkyl halides is 1. The third-order valence-electron chi connectivity index (χ3n) is 4.11. The maximum absolute atomic E-state index is 12.7. The van der Waals surface area contributed by atoms with Crippen LogP contribution >= 0.6 is 11.6 Å². The van der Waals surface area contributed by atoms with Crippen LogP contribution in [0.3, 0.4) is 0 Å². The monoisotopic (exact) mass is 512 g/mol. The number of ether oxygens (including phenoxy) is 1. The molecule has 0 spiro atoms. The number of hydrogen-bond acceptors (Lipinski definition) is 7. The van der Waals surface area contributed by atoms with Gasteiger partial charge in [0.2, 0.25) is 5.91 Å². The normalized spacial score (nSPS) is 11.4. The Morgan fingerprint density at radius 3 is 2.26 bits per heavy atom. The maximum atomic E-state index is 12.7. The summed E-state index contributed by atoms with van der Waals surface area (Å²) in [5.74, 6) is -0.290. The van der Waals surface area contributed by atoms with Crippen molar-refractivity contribution in [1.82, 2.24) is 5.32 Å². The van der Waals surface area contributed by atoms with E-state index in [1.54, 1.807) is 32.9 Å². The van der Waals surface area contributed by atoms with Gasteiger partial charge in [0, 0.05) is 36.3 Å². The van der Waals surface area contributed by atoms with Crippen molar-refractivity contribution in [2.75, 3.05) is 16.6 Å². The van der Waals surface area contributed by atoms with E-state index >= 15 is 0 Å². The molecule has 11 nitrogen and oxygen atoms in total. The molecule has 0 aliphatic rings. The zero-order valence-corrected chi connectivity index (χ0v) is 20.3. The van der Waals surface area contributed by atoms with Gasteiger partial charge in [-0.05, 0) is 50.6 Å². The summed E-state index contributed by atoms with van der Waals surface area (Å²) in [6, 6.07) is 9.43. The molecule has 0 saturated carbocycles. The number of sulfonamides is 1. The van der Waals surface area contributed by atoms with Crippen LogP contribution in [-0.2, 0) is 25.4 Å². The van der Waals surface area contributed by atoms with Crippen LogP contribution in [0.25, 0.3) is 0 Å². The highest BCUT2D eigenvalue weighted by Gasteiger charge is 2.27. The number of alkyl carbamates (subject to hydrolysis) is 1. The van der Waals surface area contributed by atoms with Crippen molar-refractivity contribution in [2.24, 2.45) is 0 Å². The number of nitrogens with zero attached hydrogens (tertiary/aromatic N) is 1. The molecular formula is C21H25ClN4O7S. The van der Waals surface area contributed by atoms with Crippen LogP contribution in [0.5, 0.6) is 0 Å². The summed E-state index contributed by atoms with van der Waals surface area (Å²) < 4.78 is 32.8. The highest BCUT2D eigenvalue weighted by Crippen LogP contribution is 2.29. The number of rotatable bonds is 9. The van der Waals surface area contributed by atoms with Gasteiger partial charge in [-0.2, -0.15) is 0 Å². The van der Waals surface area contributed by atoms with E-state index in [-0.39, 0.29) is 30.2 Å². The molecule has 0 aromatic heterocycles. The number of halogens is 1. The van der Waals surface area contributed by atoms with Crippen molar-refractivity contribution in [3.63, 3.8) is 0 Å². The van der Waals surface area contributed by atoms with E-state index in [1.165, 1.54) is 18.2 Å². The lowest BCUT2D eigenvalue weighted by atomic mass is 10.2. The molecule has 0 aliphatic heterocycles. The van der Waals surface area contributed by atoms with Crippen LogP contribution in [0.4, 0.5) is 21.9 Å². The number of benzene rings is 2. The summed E-state index contributed by atoms with van der Waals surface area (Å²) in [6.45, 7) is 5.07. The zero-order valence-electron chi connectivity index (χ0n) is 18.8. The first-order valence-corrected chi connectivity index (χ1v) is 12.1. The maximum Gasteiger partial charge on any atom is 0.407 e. The number of anilines is 2. The second kappa shape index (κ2) is 11.2. The van der Waals surface area contributed by atoms with E-state index in [2.05, 4.69) is 15.4 Å². The van der Waals surface area contributed by atoms with Crippen LogP contribution in [0.1, 0.15) is 32.8 Å². The summed E-state index contributed by atoms with van der Waals surface area (Å²) in [7, 11) is -4.29. The largest absolute Gasteiger partial charge is 0.444 e. The number of carbonyl (C=O) groups excluding carboxylic acids is 2. The van der Waals surface area contributed by atoms with Gasteiger partial charge in [-0.3, -0.25) is 19.6 Å². The Morgan fingerprint density at radius 2 is 1.71 bits per heavy atom. The molecule has 2 rings (SSSR count). The van der Waals surface area contributed by atoms with Gasteiger partial charge >= 0.3 is 6.09 Å². The van der Waals surface area contributed by atoms with Gasteiger partial charge in [0.25, 0.3) is 15.7 Å². The molecule has 0 unspecified atom stereocenters. The lowest BCUT2D eigenvalue weighted by Gasteiger charge is -2.19. The van der Waals surface area contributed by atoms with Crippen LogP contribution < -0.4 is 15.4 Å². The van der Waals surface area contributed by atoms with Crippen molar-refractivity contribution in [3.8, 4) is 0 Å². The Morgan fingerprint density at radius 1 is 1.09 bits per heavy atom. The fourth-order valence-corrected chi connectivity index (χ4v) is 4.04. The smallest absolute Gasteiger partial charge is 0.407 e. The van der Waals surface area contributed by atoms with Gasteiger partial charge in [-0.1, -0.05) is 12.1 Å². The predicted octanol–water partition coefficient (Wildman–Crippen LogP) is 3.99. The molecule has 13 heteroatoms. The molecule has 3 N–H and O–H groups in total. The van der Waals surface area contributed by atoms with Crippen molar-refractivity contribution in [3.05, 3.63) is 58.1 Å². The predicted molar refractivity (Wildman–Crippen MR) is 127 cm³/mol. The standard InChI is InChI=1S/C21H25ClN4O7S/c1-21(2,3)33-20(28)23-11-10-19(27)24-16-8-9-18(17(12-16)26(29)30)34(31,32)25-15-6-4-14(13-22)5-7-15/h4-9,12,25H,10-11,13H2,1-3H3,(H,23,28)(H,24,27). The molecule has 0 fully saturated rings. The lowest BCUT2D eigenvalue weighted by molar-refractivity contribution is -0.387. The quantitative estimate of drug-likeness (QED) is 0.260. The fourth-order valence-electron chi connectivity index (χ4n) is 2.65. The fraction of sp³-hybridized carbons (Fsp3) is 0.333. The second-order valence-corrected chi connectivity index (χ2v) is 10.0. The molecule has 0 heterocycles. The summed E-state index contributed by atoms with van der Waals surface area (Å²) in [5, 5.41) is 16.4. The first kappa shape index (κ1) is 26.9. The van der Waals surface area contributed by atoms with Crippen LogP contribution in [0.15, 0.2) is 47.4 Å². The molecule has 0 radical (unpaired) electrons. The molecule has 184 valence electrons. The zero-order chi connectivity index (χ0) is 25.5. The molecule has 0 atom stereocenters. The third kappa shape index (κ3) is 8.19. The number of nitrogens with one attached hydrogen (secondary N) is 3. The van der Waals surface area contributed by atoms with Gasteiger partial charge in [0.05, 0.1) is 4.92 Å². The first-order chi connectivity index (χ1) is 15.8. The Bertz CT molecular complexity index is 1160. The lowest BCUT2D eigenvalue weighted by Crippen LogP contribution is -2.34. The Kier molecular flexibility index (Phi) is 8.82. The number of amides is 2. The van der Waals surface area contributed by atoms with Crippen molar-refractivity contribution in [2.45, 2.75) is 43.6 Å². The molecule has 2 aromatic carbocycles. The number of nitro groups is 1. The van der Waals surface area contributed by atoms with Crippen molar-refractivity contribution >= 4 is 50.7 Å². The number of hydrogen-bond donors (Lipinski definition) is 3. The van der Waals surface area contributed by atoms with Crippen LogP contribution in [0, 0.1) is 10.1 Å². The van der Waals surface area contributed by atoms with E-state index in [4.69, 9.17) is 16.3 Å². The van der Waals surface area contributed by atoms with E-state index < -0.39 is 43.1 Å². The van der Waals surface area contributed by atoms with Crippen molar-refractivity contribution < 1.29 is 27.7 Å². The highest BCUT2D eigenvalue weighted by molar-refractivity contribution is 7.92. The minimum absolute atomic E-state index is 0.0261. The molecule has 34 heavy (non-hydrogen) atoms. The molecule has 0 bridgehead atoms. The average molecular weight is 513 g/mol. The molecular weight excluding hydrogens is 488 g/mol. The number of nitro benzene ring substituents is 1. The average Bonchev–Trinajstić information content (AvgIpc) is 2.72. The van der Waals surface area contributed by atoms with Gasteiger partial charge in [-0.25, -0.2) is 13.2 Å². The van der Waals surface area contributed by atoms with Gasteiger partial charge in [0.15, 0.2) is 4.90 Å². The Hall–Kier alpha value is -3.38. The van der Waals surface area contributed by atoms with E-state index in [1.807, 2.05) is 0 Å². The Labute approximate surface area is 202 Å². The molecule has 2 amide bonds. The third-order valence-corrected chi connectivity index (χ3v) is 5.85. The summed E-state index contributed by atoms with van der Waals surface area (Å²) in [5.41, 5.74) is -0.389. The van der Waals surface area contributed by atoms with E-state index in [0.717, 1.165) is 17.7 Å². The molecule has 0 aliphatic carbocycles. The van der Waals surface area contributed by atoms with Crippen molar-refractivity contribution in [1.29, 1.82) is 0 Å². The second-order valence-electron chi connectivity index (χ2n) is 8.10. The summed E-state index contributed by atoms with van der Waals surface area (Å²) in [4.78, 5) is 33.8. The summed E-state index contributed by atoms with van der Waals surface area (Å²) in [6.07, 6.45) is -0.817. The first-order valence-electron chi connectivity index (χ1n) is 10.0. The Balaban J connectivity index is 2.08. The van der Waals surface area contributed by atoms with E-state index in [9.17, 15) is 28.1 Å². The summed E-state index contributed by atoms with van der Waals surface area (Å²) >= 11 is 5.71. The molecule has 2 aromatic rings. The SMILES string of the molecule is CC(C)(C)OC(=O)NCCC(=O)Nc1ccc(S(=O)(=O)Nc2ccc(CCl)cc2)c([N+](=O)[O-])c1. The number of carbonyl (C=O) groups is 2. The van der Waals surface area contributed by atoms with Crippen LogP contribution in [-0.4, -0.2) is 37.5 Å². The van der Waals surface area contributed by atoms with Gasteiger partial charge in [-0.15, -0.1) is 11.6 Å². The minimum atomic E-state index is -4.29. The van der Waals surface area contributed by atoms with E-state index in [0.29, 0.717) is 0 Å². The minimum Gasteiger partial charge on any atom is -0.444 e. The van der Waals surface area contributed by atoms with Gasteiger partial charge in [0.1, 0.15) is 5.60 Å². The molecule has 0 saturated heterocycles.